The fourth-order valence-corrected chi connectivity index (χ4v) is 0.974. The van der Waals surface area contributed by atoms with Gasteiger partial charge in [-0.05, 0) is 6.42 Å². The van der Waals surface area contributed by atoms with Gasteiger partial charge in [-0.1, -0.05) is 12.7 Å². The molecule has 1 amide bonds. The predicted octanol–water partition coefficient (Wildman–Crippen LogP) is -1.43. The molecule has 7 heteroatoms. The van der Waals surface area contributed by atoms with Crippen molar-refractivity contribution in [1.29, 1.82) is 0 Å². The minimum absolute atomic E-state index is 0.0317. The summed E-state index contributed by atoms with van der Waals surface area (Å²) in [5.41, 5.74) is 0. The van der Waals surface area contributed by atoms with Crippen LogP contribution >= 0.6 is 0 Å². The van der Waals surface area contributed by atoms with Crippen molar-refractivity contribution in [2.75, 3.05) is 19.8 Å². The summed E-state index contributed by atoms with van der Waals surface area (Å²) < 4.78 is 4.58. The van der Waals surface area contributed by atoms with Gasteiger partial charge in [0.2, 0.25) is 0 Å². The molecule has 0 aliphatic rings. The molecule has 0 heterocycles. The number of aliphatic hydroxyl groups excluding tert-OH is 3. The van der Waals surface area contributed by atoms with Crippen LogP contribution < -0.4 is 5.32 Å². The number of Topliss-reactive ketones (excluding diaryl/α,β-unsaturated/α-hetero) is 1. The fourth-order valence-electron chi connectivity index (χ4n) is 0.974. The molecule has 0 saturated carbocycles. The molecule has 0 aromatic heterocycles. The van der Waals surface area contributed by atoms with Crippen molar-refractivity contribution < 1.29 is 29.6 Å². The molecule has 0 aliphatic carbocycles. The zero-order valence-electron chi connectivity index (χ0n) is 9.33. The Morgan fingerprint density at radius 3 is 2.59 bits per heavy atom. The Hall–Kier alpha value is -1.44. The summed E-state index contributed by atoms with van der Waals surface area (Å²) in [6.45, 7) is 2.62. The Balaban J connectivity index is 3.77. The van der Waals surface area contributed by atoms with Crippen molar-refractivity contribution in [2.45, 2.75) is 18.6 Å². The summed E-state index contributed by atoms with van der Waals surface area (Å²) in [7, 11) is 0. The Labute approximate surface area is 98.7 Å². The third kappa shape index (κ3) is 6.67. The van der Waals surface area contributed by atoms with Gasteiger partial charge in [0.05, 0.1) is 6.10 Å². The quantitative estimate of drug-likeness (QED) is 0.391. The molecule has 2 atom stereocenters. The van der Waals surface area contributed by atoms with E-state index in [1.54, 1.807) is 0 Å². The van der Waals surface area contributed by atoms with Gasteiger partial charge in [-0.25, -0.2) is 4.79 Å². The van der Waals surface area contributed by atoms with Crippen molar-refractivity contribution in [2.24, 2.45) is 0 Å². The van der Waals surface area contributed by atoms with Gasteiger partial charge < -0.3 is 25.4 Å². The van der Waals surface area contributed by atoms with E-state index in [0.717, 1.165) is 0 Å². The molecule has 0 saturated heterocycles. The molecule has 0 aliphatic heterocycles. The van der Waals surface area contributed by atoms with Gasteiger partial charge in [0, 0.05) is 6.54 Å². The maximum Gasteiger partial charge on any atom is 0.407 e. The second-order valence-electron chi connectivity index (χ2n) is 3.24. The average Bonchev–Trinajstić information content (AvgIpc) is 2.34. The highest BCUT2D eigenvalue weighted by Gasteiger charge is 2.22. The van der Waals surface area contributed by atoms with E-state index >= 15 is 0 Å². The van der Waals surface area contributed by atoms with Crippen molar-refractivity contribution >= 4 is 11.9 Å². The lowest BCUT2D eigenvalue weighted by molar-refractivity contribution is -0.135. The summed E-state index contributed by atoms with van der Waals surface area (Å²) in [5.74, 6) is -0.869. The molecule has 4 N–H and O–H groups in total. The van der Waals surface area contributed by atoms with E-state index in [4.69, 9.17) is 5.11 Å². The van der Waals surface area contributed by atoms with Gasteiger partial charge in [0.15, 0.2) is 5.78 Å². The normalized spacial score (nSPS) is 13.6. The van der Waals surface area contributed by atoms with E-state index in [-0.39, 0.29) is 19.6 Å². The summed E-state index contributed by atoms with van der Waals surface area (Å²) in [6.07, 6.45) is -2.30. The number of hydrogen-bond acceptors (Lipinski definition) is 6. The molecule has 0 fully saturated rings. The Bertz CT molecular complexity index is 268. The van der Waals surface area contributed by atoms with Gasteiger partial charge in [-0.3, -0.25) is 4.79 Å². The zero-order valence-corrected chi connectivity index (χ0v) is 9.33. The van der Waals surface area contributed by atoms with E-state index in [2.05, 4.69) is 16.6 Å². The van der Waals surface area contributed by atoms with Crippen LogP contribution in [0.2, 0.25) is 0 Å². The summed E-state index contributed by atoms with van der Waals surface area (Å²) >= 11 is 0. The van der Waals surface area contributed by atoms with Crippen molar-refractivity contribution in [3.05, 3.63) is 12.7 Å². The standard InChI is InChI=1S/C10H17NO6/c1-2-5-17-10(16)11-4-3-7(13)9(15)8(14)6-12/h2,7,9,12-13,15H,1,3-6H2,(H,11,16)/t7-,9+/m0/s1. The first-order valence-corrected chi connectivity index (χ1v) is 5.04. The van der Waals surface area contributed by atoms with E-state index in [0.29, 0.717) is 0 Å². The molecule has 17 heavy (non-hydrogen) atoms. The van der Waals surface area contributed by atoms with Gasteiger partial charge in [0.1, 0.15) is 19.3 Å². The minimum atomic E-state index is -1.65. The van der Waals surface area contributed by atoms with Gasteiger partial charge >= 0.3 is 6.09 Å². The maximum atomic E-state index is 10.9. The SMILES string of the molecule is C=CCOC(=O)NCC[C@H](O)[C@@H](O)C(=O)CO. The highest BCUT2D eigenvalue weighted by Crippen LogP contribution is 1.99. The number of carbonyl (C=O) groups is 2. The molecule has 0 aromatic rings. The summed E-state index contributed by atoms with van der Waals surface area (Å²) in [6, 6.07) is 0. The second kappa shape index (κ2) is 8.68. The van der Waals surface area contributed by atoms with Crippen LogP contribution in [0.5, 0.6) is 0 Å². The molecule has 7 nitrogen and oxygen atoms in total. The van der Waals surface area contributed by atoms with Gasteiger partial charge in [-0.2, -0.15) is 0 Å². The third-order valence-corrected chi connectivity index (χ3v) is 1.89. The zero-order chi connectivity index (χ0) is 13.3. The number of ether oxygens (including phenoxy) is 1. The number of aliphatic hydroxyl groups is 3. The molecular weight excluding hydrogens is 230 g/mol. The number of ketones is 1. The lowest BCUT2D eigenvalue weighted by Gasteiger charge is -2.15. The van der Waals surface area contributed by atoms with E-state index < -0.39 is 30.7 Å². The molecule has 0 bridgehead atoms. The third-order valence-electron chi connectivity index (χ3n) is 1.89. The summed E-state index contributed by atoms with van der Waals surface area (Å²) in [5, 5.41) is 29.2. The van der Waals surface area contributed by atoms with Crippen LogP contribution in [0, 0.1) is 0 Å². The van der Waals surface area contributed by atoms with Crippen LogP contribution in [-0.4, -0.2) is 59.2 Å². The first-order valence-electron chi connectivity index (χ1n) is 5.04. The number of hydrogen-bond donors (Lipinski definition) is 4. The monoisotopic (exact) mass is 247 g/mol. The Morgan fingerprint density at radius 1 is 1.41 bits per heavy atom. The molecular formula is C10H17NO6. The van der Waals surface area contributed by atoms with Crippen LogP contribution in [0.25, 0.3) is 0 Å². The molecule has 0 rings (SSSR count). The first-order chi connectivity index (χ1) is 8.02. The highest BCUT2D eigenvalue weighted by molar-refractivity contribution is 5.84. The van der Waals surface area contributed by atoms with Crippen LogP contribution in [0.1, 0.15) is 6.42 Å². The molecule has 98 valence electrons. The van der Waals surface area contributed by atoms with Gasteiger partial charge in [0.25, 0.3) is 0 Å². The van der Waals surface area contributed by atoms with E-state index in [1.807, 2.05) is 0 Å². The fraction of sp³-hybridized carbons (Fsp3) is 0.600. The van der Waals surface area contributed by atoms with E-state index in [9.17, 15) is 19.8 Å². The van der Waals surface area contributed by atoms with Crippen molar-refractivity contribution in [3.8, 4) is 0 Å². The van der Waals surface area contributed by atoms with Crippen LogP contribution in [0.3, 0.4) is 0 Å². The Morgan fingerprint density at radius 2 is 2.06 bits per heavy atom. The smallest absolute Gasteiger partial charge is 0.407 e. The van der Waals surface area contributed by atoms with Crippen molar-refractivity contribution in [1.82, 2.24) is 5.32 Å². The van der Waals surface area contributed by atoms with Gasteiger partial charge in [-0.15, -0.1) is 0 Å². The number of rotatable bonds is 8. The molecule has 0 aromatic carbocycles. The lowest BCUT2D eigenvalue weighted by Crippen LogP contribution is -2.38. The molecule has 0 radical (unpaired) electrons. The topological polar surface area (TPSA) is 116 Å². The molecule has 0 unspecified atom stereocenters. The predicted molar refractivity (Wildman–Crippen MR) is 58.3 cm³/mol. The van der Waals surface area contributed by atoms with E-state index in [1.165, 1.54) is 6.08 Å². The molecule has 0 spiro atoms. The van der Waals surface area contributed by atoms with Crippen LogP contribution in [0.4, 0.5) is 4.79 Å². The number of alkyl carbamates (subject to hydrolysis) is 1. The summed E-state index contributed by atoms with van der Waals surface area (Å²) in [4.78, 5) is 21.7. The van der Waals surface area contributed by atoms with Crippen molar-refractivity contribution in [3.63, 3.8) is 0 Å². The Kier molecular flexibility index (Phi) is 7.95. The average molecular weight is 247 g/mol. The number of carbonyl (C=O) groups excluding carboxylic acids is 2. The lowest BCUT2D eigenvalue weighted by atomic mass is 10.1. The number of amides is 1. The highest BCUT2D eigenvalue weighted by atomic mass is 16.5. The largest absolute Gasteiger partial charge is 0.445 e. The minimum Gasteiger partial charge on any atom is -0.445 e. The van der Waals surface area contributed by atoms with Crippen LogP contribution in [0.15, 0.2) is 12.7 Å². The number of nitrogens with one attached hydrogen (secondary N) is 1. The second-order valence-corrected chi connectivity index (χ2v) is 3.24. The van der Waals surface area contributed by atoms with Crippen LogP contribution in [-0.2, 0) is 9.53 Å². The first kappa shape index (κ1) is 15.6. The maximum absolute atomic E-state index is 10.9.